The summed E-state index contributed by atoms with van der Waals surface area (Å²) in [5.41, 5.74) is 0.380. The molecule has 0 aliphatic heterocycles. The van der Waals surface area contributed by atoms with Gasteiger partial charge in [0, 0.05) is 16.4 Å². The van der Waals surface area contributed by atoms with Crippen molar-refractivity contribution in [3.05, 3.63) is 58.0 Å². The maximum atomic E-state index is 13.5. The van der Waals surface area contributed by atoms with Crippen molar-refractivity contribution in [3.63, 3.8) is 0 Å². The van der Waals surface area contributed by atoms with Crippen molar-refractivity contribution in [2.45, 2.75) is 36.8 Å². The van der Waals surface area contributed by atoms with E-state index in [0.29, 0.717) is 16.5 Å². The van der Waals surface area contributed by atoms with Gasteiger partial charge in [-0.2, -0.15) is 0 Å². The number of hydrogen-bond donors (Lipinski definition) is 1. The second-order valence-corrected chi connectivity index (χ2v) is 6.56. The molecular weight excluding hydrogens is 275 g/mol. The number of nitrogens with zero attached hydrogens (tertiary/aromatic N) is 1. The first-order valence-corrected chi connectivity index (χ1v) is 7.33. The molecular formula is C15H17FN2OS. The Morgan fingerprint density at radius 1 is 1.30 bits per heavy atom. The Bertz CT molecular complexity index is 661. The molecule has 0 fully saturated rings. The third-order valence-electron chi connectivity index (χ3n) is 2.76. The molecule has 5 heteroatoms. The van der Waals surface area contributed by atoms with Crippen molar-refractivity contribution in [1.82, 2.24) is 9.97 Å². The Balaban J connectivity index is 2.20. The van der Waals surface area contributed by atoms with Crippen LogP contribution in [0.5, 0.6) is 0 Å². The molecule has 1 heterocycles. The summed E-state index contributed by atoms with van der Waals surface area (Å²) in [4.78, 5) is 19.4. The number of thioether (sulfide) groups is 1. The zero-order valence-electron chi connectivity index (χ0n) is 11.7. The summed E-state index contributed by atoms with van der Waals surface area (Å²) < 4.78 is 13.5. The molecule has 0 amide bonds. The zero-order valence-corrected chi connectivity index (χ0v) is 12.6. The third kappa shape index (κ3) is 3.70. The smallest absolute Gasteiger partial charge is 0.251 e. The molecule has 0 aliphatic carbocycles. The van der Waals surface area contributed by atoms with E-state index in [2.05, 4.69) is 9.97 Å². The van der Waals surface area contributed by atoms with Crippen LogP contribution in [0.15, 0.2) is 40.0 Å². The number of benzene rings is 1. The Morgan fingerprint density at radius 2 is 2.00 bits per heavy atom. The standard InChI is InChI=1S/C15H17FN2OS/c1-15(2,3)12-8-14(19)18-13(17-12)9-20-11-7-5-4-6-10(11)16/h4-8H,9H2,1-3H3,(H,17,18,19). The van der Waals surface area contributed by atoms with Crippen LogP contribution in [0, 0.1) is 5.82 Å². The van der Waals surface area contributed by atoms with Gasteiger partial charge in [0.05, 0.1) is 11.4 Å². The average Bonchev–Trinajstić information content (AvgIpc) is 2.36. The van der Waals surface area contributed by atoms with E-state index < -0.39 is 0 Å². The molecule has 0 radical (unpaired) electrons. The fourth-order valence-electron chi connectivity index (χ4n) is 1.67. The fraction of sp³-hybridized carbons (Fsp3) is 0.333. The van der Waals surface area contributed by atoms with Gasteiger partial charge in [-0.15, -0.1) is 11.8 Å². The van der Waals surface area contributed by atoms with Crippen LogP contribution < -0.4 is 5.56 Å². The van der Waals surface area contributed by atoms with Gasteiger partial charge >= 0.3 is 0 Å². The van der Waals surface area contributed by atoms with Gasteiger partial charge in [-0.1, -0.05) is 32.9 Å². The lowest BCUT2D eigenvalue weighted by Crippen LogP contribution is -2.20. The topological polar surface area (TPSA) is 45.8 Å². The molecule has 0 saturated heterocycles. The maximum Gasteiger partial charge on any atom is 0.251 e. The van der Waals surface area contributed by atoms with Crippen molar-refractivity contribution < 1.29 is 4.39 Å². The summed E-state index contributed by atoms with van der Waals surface area (Å²) in [6.45, 7) is 6.01. The lowest BCUT2D eigenvalue weighted by atomic mass is 9.92. The molecule has 2 rings (SSSR count). The molecule has 106 valence electrons. The number of hydrogen-bond acceptors (Lipinski definition) is 3. The second kappa shape index (κ2) is 5.79. The molecule has 0 saturated carbocycles. The highest BCUT2D eigenvalue weighted by atomic mass is 32.2. The van der Waals surface area contributed by atoms with Crippen LogP contribution in [0.1, 0.15) is 32.3 Å². The van der Waals surface area contributed by atoms with Gasteiger partial charge in [-0.3, -0.25) is 4.79 Å². The zero-order chi connectivity index (χ0) is 14.8. The molecule has 1 aromatic carbocycles. The molecule has 1 N–H and O–H groups in total. The van der Waals surface area contributed by atoms with Gasteiger partial charge in [0.15, 0.2) is 0 Å². The highest BCUT2D eigenvalue weighted by molar-refractivity contribution is 7.98. The third-order valence-corrected chi connectivity index (χ3v) is 3.82. The number of nitrogens with one attached hydrogen (secondary N) is 1. The van der Waals surface area contributed by atoms with Crippen molar-refractivity contribution in [3.8, 4) is 0 Å². The minimum Gasteiger partial charge on any atom is -0.310 e. The van der Waals surface area contributed by atoms with E-state index in [9.17, 15) is 9.18 Å². The molecule has 0 atom stereocenters. The molecule has 0 bridgehead atoms. The van der Waals surface area contributed by atoms with E-state index in [1.807, 2.05) is 20.8 Å². The van der Waals surface area contributed by atoms with Crippen LogP contribution in [0.25, 0.3) is 0 Å². The van der Waals surface area contributed by atoms with Crippen LogP contribution in [-0.4, -0.2) is 9.97 Å². The van der Waals surface area contributed by atoms with Crippen molar-refractivity contribution in [2.24, 2.45) is 0 Å². The monoisotopic (exact) mass is 292 g/mol. The van der Waals surface area contributed by atoms with E-state index in [1.165, 1.54) is 23.9 Å². The maximum absolute atomic E-state index is 13.5. The van der Waals surface area contributed by atoms with Crippen LogP contribution in [-0.2, 0) is 11.2 Å². The second-order valence-electron chi connectivity index (χ2n) is 5.55. The molecule has 20 heavy (non-hydrogen) atoms. The van der Waals surface area contributed by atoms with Crippen LogP contribution >= 0.6 is 11.8 Å². The average molecular weight is 292 g/mol. The van der Waals surface area contributed by atoms with Crippen molar-refractivity contribution in [2.75, 3.05) is 0 Å². The predicted octanol–water partition coefficient (Wildman–Crippen LogP) is 3.50. The summed E-state index contributed by atoms with van der Waals surface area (Å²) in [5, 5.41) is 0. The van der Waals surface area contributed by atoms with E-state index in [1.54, 1.807) is 18.2 Å². The lowest BCUT2D eigenvalue weighted by Gasteiger charge is -2.17. The van der Waals surface area contributed by atoms with Crippen molar-refractivity contribution >= 4 is 11.8 Å². The Kier molecular flexibility index (Phi) is 4.28. The number of aromatic nitrogens is 2. The van der Waals surface area contributed by atoms with Crippen molar-refractivity contribution in [1.29, 1.82) is 0 Å². The molecule has 1 aromatic heterocycles. The van der Waals surface area contributed by atoms with Crippen LogP contribution in [0.3, 0.4) is 0 Å². The van der Waals surface area contributed by atoms with Gasteiger partial charge in [-0.25, -0.2) is 9.37 Å². The van der Waals surface area contributed by atoms with Gasteiger partial charge < -0.3 is 4.98 Å². The highest BCUT2D eigenvalue weighted by Crippen LogP contribution is 2.24. The van der Waals surface area contributed by atoms with Crippen LogP contribution in [0.4, 0.5) is 4.39 Å². The van der Waals surface area contributed by atoms with Crippen LogP contribution in [0.2, 0.25) is 0 Å². The Morgan fingerprint density at radius 3 is 2.65 bits per heavy atom. The molecule has 3 nitrogen and oxygen atoms in total. The summed E-state index contributed by atoms with van der Waals surface area (Å²) in [7, 11) is 0. The largest absolute Gasteiger partial charge is 0.310 e. The lowest BCUT2D eigenvalue weighted by molar-refractivity contribution is 0.562. The summed E-state index contributed by atoms with van der Waals surface area (Å²) in [6, 6.07) is 8.08. The normalized spacial score (nSPS) is 11.6. The first-order valence-electron chi connectivity index (χ1n) is 6.34. The molecule has 0 spiro atoms. The summed E-state index contributed by atoms with van der Waals surface area (Å²) in [5.74, 6) is 0.739. The minimum absolute atomic E-state index is 0.172. The number of aromatic amines is 1. The van der Waals surface area contributed by atoms with Gasteiger partial charge in [0.2, 0.25) is 0 Å². The molecule has 0 aliphatic rings. The van der Waals surface area contributed by atoms with Gasteiger partial charge in [0.1, 0.15) is 11.6 Å². The predicted molar refractivity (Wildman–Crippen MR) is 79.5 cm³/mol. The highest BCUT2D eigenvalue weighted by Gasteiger charge is 2.17. The van der Waals surface area contributed by atoms with E-state index in [4.69, 9.17) is 0 Å². The quantitative estimate of drug-likeness (QED) is 0.881. The van der Waals surface area contributed by atoms with E-state index in [0.717, 1.165) is 5.69 Å². The van der Waals surface area contributed by atoms with Gasteiger partial charge in [-0.05, 0) is 12.1 Å². The number of rotatable bonds is 3. The SMILES string of the molecule is CC(C)(C)c1cc(=O)[nH]c(CSc2ccccc2F)n1. The van der Waals surface area contributed by atoms with E-state index >= 15 is 0 Å². The summed E-state index contributed by atoms with van der Waals surface area (Å²) in [6.07, 6.45) is 0. The van der Waals surface area contributed by atoms with E-state index in [-0.39, 0.29) is 16.8 Å². The number of halogens is 1. The Labute approximate surface area is 121 Å². The Hall–Kier alpha value is -1.62. The van der Waals surface area contributed by atoms with Gasteiger partial charge in [0.25, 0.3) is 5.56 Å². The minimum atomic E-state index is -0.258. The molecule has 0 unspecified atom stereocenters. The fourth-order valence-corrected chi connectivity index (χ4v) is 2.48. The molecule has 2 aromatic rings. The first-order chi connectivity index (χ1) is 9.36. The first kappa shape index (κ1) is 14.8. The number of H-pyrrole nitrogens is 1. The summed E-state index contributed by atoms with van der Waals surface area (Å²) >= 11 is 1.32.